The fourth-order valence-electron chi connectivity index (χ4n) is 3.98. The van der Waals surface area contributed by atoms with Gasteiger partial charge in [-0.3, -0.25) is 4.90 Å². The van der Waals surface area contributed by atoms with Gasteiger partial charge in [-0.2, -0.15) is 5.26 Å². The molecule has 6 heteroatoms. The molecule has 0 unspecified atom stereocenters. The highest BCUT2D eigenvalue weighted by molar-refractivity contribution is 5.39. The predicted molar refractivity (Wildman–Crippen MR) is 109 cm³/mol. The number of aromatic nitrogens is 1. The van der Waals surface area contributed by atoms with E-state index in [1.165, 1.54) is 12.1 Å². The van der Waals surface area contributed by atoms with Crippen molar-refractivity contribution in [2.24, 2.45) is 5.41 Å². The van der Waals surface area contributed by atoms with Crippen molar-refractivity contribution in [1.29, 1.82) is 5.26 Å². The van der Waals surface area contributed by atoms with E-state index in [1.807, 2.05) is 19.1 Å². The van der Waals surface area contributed by atoms with Crippen molar-refractivity contribution < 1.29 is 13.9 Å². The maximum absolute atomic E-state index is 13.2. The van der Waals surface area contributed by atoms with Crippen LogP contribution in [-0.2, 0) is 17.7 Å². The van der Waals surface area contributed by atoms with Gasteiger partial charge in [0.1, 0.15) is 5.82 Å². The average molecular weight is 397 g/mol. The molecule has 0 bridgehead atoms. The second-order valence-corrected chi connectivity index (χ2v) is 7.72. The molecule has 1 aliphatic heterocycles. The Balaban J connectivity index is 1.67. The van der Waals surface area contributed by atoms with E-state index in [4.69, 9.17) is 9.47 Å². The lowest BCUT2D eigenvalue weighted by molar-refractivity contribution is 0.0489. The Morgan fingerprint density at radius 2 is 2.10 bits per heavy atom. The number of hydrogen-bond acceptors (Lipinski definition) is 5. The summed E-state index contributed by atoms with van der Waals surface area (Å²) in [6.45, 7) is 5.97. The zero-order valence-corrected chi connectivity index (χ0v) is 17.2. The molecule has 1 fully saturated rings. The first-order valence-electron chi connectivity index (χ1n) is 10.0. The molecule has 3 rings (SSSR count). The van der Waals surface area contributed by atoms with Crippen molar-refractivity contribution in [3.63, 3.8) is 0 Å². The molecule has 2 heterocycles. The summed E-state index contributed by atoms with van der Waals surface area (Å²) in [7, 11) is 1.55. The van der Waals surface area contributed by atoms with E-state index in [1.54, 1.807) is 19.4 Å². The van der Waals surface area contributed by atoms with E-state index >= 15 is 0 Å². The van der Waals surface area contributed by atoms with Crippen LogP contribution in [-0.4, -0.2) is 43.3 Å². The summed E-state index contributed by atoms with van der Waals surface area (Å²) in [5.74, 6) is 0.253. The molecule has 0 radical (unpaired) electrons. The number of aryl methyl sites for hydroxylation is 1. The van der Waals surface area contributed by atoms with Gasteiger partial charge in [0, 0.05) is 42.9 Å². The fraction of sp³-hybridized carbons (Fsp3) is 0.478. The summed E-state index contributed by atoms with van der Waals surface area (Å²) in [5.41, 5.74) is 2.73. The van der Waals surface area contributed by atoms with Gasteiger partial charge in [-0.25, -0.2) is 9.37 Å². The molecule has 2 aromatic rings. The smallest absolute Gasteiger partial charge is 0.214 e. The number of benzene rings is 1. The molecule has 1 atom stereocenters. The van der Waals surface area contributed by atoms with Crippen LogP contribution in [0, 0.1) is 22.6 Å². The molecule has 0 N–H and O–H groups in total. The number of rotatable bonds is 9. The van der Waals surface area contributed by atoms with Crippen LogP contribution in [0.5, 0.6) is 5.88 Å². The molecule has 1 saturated heterocycles. The first kappa shape index (κ1) is 21.2. The maximum atomic E-state index is 13.2. The van der Waals surface area contributed by atoms with Crippen LogP contribution in [0.3, 0.4) is 0 Å². The standard InChI is InChI=1S/C23H28FN3O2/c1-3-29-17-23(9-8-18-4-6-21(24)7-5-18)10-11-27(16-23)15-20-14-26-22(28-2)12-19(20)13-25/h4-7,12,14H,3,8-11,15-17H2,1-2H3/t23-/m0/s1. The van der Waals surface area contributed by atoms with Gasteiger partial charge < -0.3 is 9.47 Å². The normalized spacial score (nSPS) is 19.2. The second-order valence-electron chi connectivity index (χ2n) is 7.72. The minimum absolute atomic E-state index is 0.0666. The minimum atomic E-state index is -0.203. The molecule has 29 heavy (non-hydrogen) atoms. The van der Waals surface area contributed by atoms with Crippen LogP contribution in [0.15, 0.2) is 36.5 Å². The van der Waals surface area contributed by atoms with Crippen LogP contribution in [0.1, 0.15) is 36.5 Å². The summed E-state index contributed by atoms with van der Waals surface area (Å²) >= 11 is 0. The molecular formula is C23H28FN3O2. The van der Waals surface area contributed by atoms with E-state index in [0.717, 1.165) is 43.5 Å². The van der Waals surface area contributed by atoms with Gasteiger partial charge in [-0.05, 0) is 50.4 Å². The second kappa shape index (κ2) is 9.82. The van der Waals surface area contributed by atoms with Crippen molar-refractivity contribution in [2.45, 2.75) is 32.7 Å². The van der Waals surface area contributed by atoms with Crippen LogP contribution in [0.4, 0.5) is 4.39 Å². The molecule has 5 nitrogen and oxygen atoms in total. The molecule has 1 aromatic carbocycles. The first-order valence-corrected chi connectivity index (χ1v) is 10.0. The van der Waals surface area contributed by atoms with Crippen LogP contribution < -0.4 is 4.74 Å². The molecule has 0 spiro atoms. The highest BCUT2D eigenvalue weighted by Gasteiger charge is 2.38. The summed E-state index contributed by atoms with van der Waals surface area (Å²) in [6.07, 6.45) is 4.66. The molecule has 154 valence electrons. The molecule has 1 aliphatic rings. The zero-order valence-electron chi connectivity index (χ0n) is 17.2. The van der Waals surface area contributed by atoms with E-state index in [2.05, 4.69) is 16.0 Å². The SMILES string of the molecule is CCOC[C@@]1(CCc2ccc(F)cc2)CCN(Cc2cnc(OC)cc2C#N)C1. The number of nitrogens with zero attached hydrogens (tertiary/aromatic N) is 3. The predicted octanol–water partition coefficient (Wildman–Crippen LogP) is 3.96. The van der Waals surface area contributed by atoms with Gasteiger partial charge >= 0.3 is 0 Å². The lowest BCUT2D eigenvalue weighted by Crippen LogP contribution is -2.32. The van der Waals surface area contributed by atoms with Gasteiger partial charge in [0.05, 0.1) is 25.3 Å². The van der Waals surface area contributed by atoms with Gasteiger partial charge in [-0.15, -0.1) is 0 Å². The van der Waals surface area contributed by atoms with Crippen molar-refractivity contribution in [2.75, 3.05) is 33.4 Å². The van der Waals surface area contributed by atoms with E-state index < -0.39 is 0 Å². The Hall–Kier alpha value is -2.49. The Morgan fingerprint density at radius 3 is 2.79 bits per heavy atom. The summed E-state index contributed by atoms with van der Waals surface area (Å²) in [6, 6.07) is 10.7. The lowest BCUT2D eigenvalue weighted by Gasteiger charge is -2.29. The van der Waals surface area contributed by atoms with Gasteiger partial charge in [0.2, 0.25) is 5.88 Å². The quantitative estimate of drug-likeness (QED) is 0.641. The Bertz CT molecular complexity index is 850. The number of nitriles is 1. The molecule has 0 amide bonds. The number of methoxy groups -OCH3 is 1. The van der Waals surface area contributed by atoms with Gasteiger partial charge in [-0.1, -0.05) is 12.1 Å². The first-order chi connectivity index (χ1) is 14.1. The maximum Gasteiger partial charge on any atom is 0.214 e. The van der Waals surface area contributed by atoms with Crippen molar-refractivity contribution in [3.8, 4) is 11.9 Å². The molecule has 1 aromatic heterocycles. The van der Waals surface area contributed by atoms with Crippen molar-refractivity contribution >= 4 is 0 Å². The number of hydrogen-bond donors (Lipinski definition) is 0. The minimum Gasteiger partial charge on any atom is -0.481 e. The Morgan fingerprint density at radius 1 is 1.31 bits per heavy atom. The zero-order chi connectivity index (χ0) is 20.7. The van der Waals surface area contributed by atoms with Crippen molar-refractivity contribution in [1.82, 2.24) is 9.88 Å². The van der Waals surface area contributed by atoms with Crippen LogP contribution in [0.25, 0.3) is 0 Å². The van der Waals surface area contributed by atoms with Crippen LogP contribution >= 0.6 is 0 Å². The molecule has 0 aliphatic carbocycles. The fourth-order valence-corrected chi connectivity index (χ4v) is 3.98. The topological polar surface area (TPSA) is 58.4 Å². The van der Waals surface area contributed by atoms with Crippen LogP contribution in [0.2, 0.25) is 0 Å². The summed E-state index contributed by atoms with van der Waals surface area (Å²) < 4.78 is 24.1. The number of pyridine rings is 1. The number of ether oxygens (including phenoxy) is 2. The molecule has 0 saturated carbocycles. The van der Waals surface area contributed by atoms with E-state index in [9.17, 15) is 9.65 Å². The summed E-state index contributed by atoms with van der Waals surface area (Å²) in [4.78, 5) is 6.63. The third-order valence-electron chi connectivity index (χ3n) is 5.67. The highest BCUT2D eigenvalue weighted by atomic mass is 19.1. The average Bonchev–Trinajstić information content (AvgIpc) is 3.15. The van der Waals surface area contributed by atoms with E-state index in [-0.39, 0.29) is 11.2 Å². The van der Waals surface area contributed by atoms with E-state index in [0.29, 0.717) is 31.2 Å². The monoisotopic (exact) mass is 397 g/mol. The largest absolute Gasteiger partial charge is 0.481 e. The number of halogens is 1. The third kappa shape index (κ3) is 5.53. The Labute approximate surface area is 172 Å². The third-order valence-corrected chi connectivity index (χ3v) is 5.67. The van der Waals surface area contributed by atoms with Gasteiger partial charge in [0.15, 0.2) is 0 Å². The van der Waals surface area contributed by atoms with Gasteiger partial charge in [0.25, 0.3) is 0 Å². The lowest BCUT2D eigenvalue weighted by atomic mass is 9.82. The highest BCUT2D eigenvalue weighted by Crippen LogP contribution is 2.36. The van der Waals surface area contributed by atoms with Crippen molar-refractivity contribution in [3.05, 3.63) is 59.0 Å². The molecular weight excluding hydrogens is 369 g/mol. The summed E-state index contributed by atoms with van der Waals surface area (Å²) in [5, 5.41) is 9.46. The number of likely N-dealkylation sites (tertiary alicyclic amines) is 1. The Kier molecular flexibility index (Phi) is 7.18.